The van der Waals surface area contributed by atoms with E-state index in [4.69, 9.17) is 10.2 Å². The molecule has 1 aromatic heterocycles. The van der Waals surface area contributed by atoms with Gasteiger partial charge in [-0.1, -0.05) is 19.3 Å². The third-order valence-electron chi connectivity index (χ3n) is 3.97. The Morgan fingerprint density at radius 2 is 2.18 bits per heavy atom. The van der Waals surface area contributed by atoms with Gasteiger partial charge in [0.15, 0.2) is 0 Å². The van der Waals surface area contributed by atoms with Crippen LogP contribution < -0.4 is 5.73 Å². The highest BCUT2D eigenvalue weighted by Gasteiger charge is 2.26. The van der Waals surface area contributed by atoms with E-state index in [1.54, 1.807) is 6.26 Å². The molecule has 1 saturated carbocycles. The Labute approximate surface area is 104 Å². The molecule has 1 aliphatic carbocycles. The molecule has 3 heteroatoms. The van der Waals surface area contributed by atoms with Gasteiger partial charge in [0.2, 0.25) is 0 Å². The molecule has 0 amide bonds. The number of rotatable bonds is 4. The molecule has 0 aliphatic heterocycles. The lowest BCUT2D eigenvalue weighted by Crippen LogP contribution is -2.40. The summed E-state index contributed by atoms with van der Waals surface area (Å²) in [7, 11) is 2.20. The summed E-state index contributed by atoms with van der Waals surface area (Å²) < 4.78 is 5.42. The lowest BCUT2D eigenvalue weighted by molar-refractivity contribution is 0.151. The zero-order valence-electron chi connectivity index (χ0n) is 10.8. The first-order chi connectivity index (χ1) is 8.31. The molecule has 0 saturated heterocycles. The lowest BCUT2D eigenvalue weighted by Gasteiger charge is -2.32. The van der Waals surface area contributed by atoms with Crippen molar-refractivity contribution >= 4 is 0 Å². The Morgan fingerprint density at radius 1 is 1.35 bits per heavy atom. The van der Waals surface area contributed by atoms with Crippen LogP contribution in [0.4, 0.5) is 0 Å². The van der Waals surface area contributed by atoms with Crippen LogP contribution in [0.15, 0.2) is 22.8 Å². The van der Waals surface area contributed by atoms with Crippen LogP contribution in [0.3, 0.4) is 0 Å². The maximum atomic E-state index is 5.92. The number of nitrogens with zero attached hydrogens (tertiary/aromatic N) is 1. The quantitative estimate of drug-likeness (QED) is 0.817. The molecule has 96 valence electrons. The fourth-order valence-electron chi connectivity index (χ4n) is 2.99. The monoisotopic (exact) mass is 236 g/mol. The van der Waals surface area contributed by atoms with Crippen molar-refractivity contribution in [1.29, 1.82) is 0 Å². The summed E-state index contributed by atoms with van der Waals surface area (Å²) in [6.45, 7) is 1.71. The van der Waals surface area contributed by atoms with E-state index in [-0.39, 0.29) is 0 Å². The van der Waals surface area contributed by atoms with E-state index in [0.717, 1.165) is 18.8 Å². The third kappa shape index (κ3) is 3.33. The predicted molar refractivity (Wildman–Crippen MR) is 69.6 cm³/mol. The molecule has 17 heavy (non-hydrogen) atoms. The fraction of sp³-hybridized carbons (Fsp3) is 0.714. The van der Waals surface area contributed by atoms with E-state index in [1.807, 2.05) is 12.1 Å². The minimum absolute atomic E-state index is 0.618. The van der Waals surface area contributed by atoms with Crippen LogP contribution in [-0.2, 0) is 6.54 Å². The molecule has 2 N–H and O–H groups in total. The standard InChI is InChI=1S/C14H24N2O/c1-16(11-13-7-5-9-17-13)14-8-4-2-3-6-12(14)10-15/h5,7,9,12,14H,2-4,6,8,10-11,15H2,1H3. The molecule has 2 atom stereocenters. The van der Waals surface area contributed by atoms with Gasteiger partial charge >= 0.3 is 0 Å². The number of hydrogen-bond acceptors (Lipinski definition) is 3. The van der Waals surface area contributed by atoms with Crippen LogP contribution in [0.5, 0.6) is 0 Å². The average molecular weight is 236 g/mol. The summed E-state index contributed by atoms with van der Waals surface area (Å²) in [5.41, 5.74) is 5.92. The maximum absolute atomic E-state index is 5.92. The first kappa shape index (κ1) is 12.7. The van der Waals surface area contributed by atoms with E-state index < -0.39 is 0 Å². The molecule has 0 radical (unpaired) electrons. The first-order valence-electron chi connectivity index (χ1n) is 6.74. The normalized spacial score (nSPS) is 26.1. The minimum Gasteiger partial charge on any atom is -0.468 e. The zero-order chi connectivity index (χ0) is 12.1. The second-order valence-corrected chi connectivity index (χ2v) is 5.20. The molecule has 1 heterocycles. The van der Waals surface area contributed by atoms with Crippen molar-refractivity contribution in [3.63, 3.8) is 0 Å². The van der Waals surface area contributed by atoms with Crippen LogP contribution in [0.2, 0.25) is 0 Å². The van der Waals surface area contributed by atoms with Crippen molar-refractivity contribution in [1.82, 2.24) is 4.90 Å². The summed E-state index contributed by atoms with van der Waals surface area (Å²) in [4.78, 5) is 2.42. The van der Waals surface area contributed by atoms with Crippen LogP contribution in [0, 0.1) is 5.92 Å². The lowest BCUT2D eigenvalue weighted by atomic mass is 9.93. The maximum Gasteiger partial charge on any atom is 0.117 e. The molecular weight excluding hydrogens is 212 g/mol. The summed E-state index contributed by atoms with van der Waals surface area (Å²) in [5, 5.41) is 0. The molecule has 2 rings (SSSR count). The Balaban J connectivity index is 1.97. The van der Waals surface area contributed by atoms with Crippen LogP contribution in [0.25, 0.3) is 0 Å². The van der Waals surface area contributed by atoms with E-state index in [0.29, 0.717) is 12.0 Å². The predicted octanol–water partition coefficient (Wildman–Crippen LogP) is 2.62. The first-order valence-corrected chi connectivity index (χ1v) is 6.74. The van der Waals surface area contributed by atoms with Crippen LogP contribution >= 0.6 is 0 Å². The topological polar surface area (TPSA) is 42.4 Å². The highest BCUT2D eigenvalue weighted by Crippen LogP contribution is 2.27. The molecule has 0 bridgehead atoms. The molecule has 1 aromatic rings. The van der Waals surface area contributed by atoms with Crippen molar-refractivity contribution in [2.75, 3.05) is 13.6 Å². The van der Waals surface area contributed by atoms with Crippen molar-refractivity contribution in [3.05, 3.63) is 24.2 Å². The fourth-order valence-corrected chi connectivity index (χ4v) is 2.99. The Bertz CT molecular complexity index is 310. The SMILES string of the molecule is CN(Cc1ccco1)C1CCCCCC1CN. The summed E-state index contributed by atoms with van der Waals surface area (Å²) in [6.07, 6.45) is 8.34. The largest absolute Gasteiger partial charge is 0.468 e. The van der Waals surface area contributed by atoms with Crippen molar-refractivity contribution in [3.8, 4) is 0 Å². The van der Waals surface area contributed by atoms with Gasteiger partial charge in [-0.05, 0) is 44.5 Å². The van der Waals surface area contributed by atoms with E-state index in [2.05, 4.69) is 11.9 Å². The smallest absolute Gasteiger partial charge is 0.117 e. The van der Waals surface area contributed by atoms with Gasteiger partial charge in [-0.25, -0.2) is 0 Å². The summed E-state index contributed by atoms with van der Waals surface area (Å²) in [5.74, 6) is 1.70. The molecule has 3 nitrogen and oxygen atoms in total. The van der Waals surface area contributed by atoms with Gasteiger partial charge in [0.1, 0.15) is 5.76 Å². The molecule has 1 fully saturated rings. The van der Waals surface area contributed by atoms with E-state index >= 15 is 0 Å². The Morgan fingerprint density at radius 3 is 2.88 bits per heavy atom. The minimum atomic E-state index is 0.618. The van der Waals surface area contributed by atoms with Crippen LogP contribution in [-0.4, -0.2) is 24.5 Å². The Hall–Kier alpha value is -0.800. The highest BCUT2D eigenvalue weighted by molar-refractivity contribution is 4.98. The number of hydrogen-bond donors (Lipinski definition) is 1. The van der Waals surface area contributed by atoms with Gasteiger partial charge in [-0.15, -0.1) is 0 Å². The van der Waals surface area contributed by atoms with Crippen LogP contribution in [0.1, 0.15) is 37.9 Å². The molecule has 1 aliphatic rings. The summed E-state index contributed by atoms with van der Waals surface area (Å²) >= 11 is 0. The molecule has 2 unspecified atom stereocenters. The summed E-state index contributed by atoms with van der Waals surface area (Å²) in [6, 6.07) is 4.62. The highest BCUT2D eigenvalue weighted by atomic mass is 16.3. The second kappa shape index (κ2) is 6.22. The Kier molecular flexibility index (Phi) is 4.63. The zero-order valence-corrected chi connectivity index (χ0v) is 10.8. The molecular formula is C14H24N2O. The van der Waals surface area contributed by atoms with Crippen molar-refractivity contribution in [2.24, 2.45) is 11.7 Å². The second-order valence-electron chi connectivity index (χ2n) is 5.20. The van der Waals surface area contributed by atoms with Gasteiger partial charge in [0.05, 0.1) is 12.8 Å². The number of furan rings is 1. The molecule has 0 spiro atoms. The van der Waals surface area contributed by atoms with Gasteiger partial charge in [-0.2, -0.15) is 0 Å². The molecule has 0 aromatic carbocycles. The van der Waals surface area contributed by atoms with E-state index in [9.17, 15) is 0 Å². The average Bonchev–Trinajstić information content (AvgIpc) is 2.71. The van der Waals surface area contributed by atoms with Gasteiger partial charge in [0, 0.05) is 6.04 Å². The van der Waals surface area contributed by atoms with Crippen molar-refractivity contribution < 1.29 is 4.42 Å². The van der Waals surface area contributed by atoms with Crippen molar-refractivity contribution in [2.45, 2.75) is 44.7 Å². The number of nitrogens with two attached hydrogens (primary N) is 1. The van der Waals surface area contributed by atoms with Gasteiger partial charge in [0.25, 0.3) is 0 Å². The van der Waals surface area contributed by atoms with Gasteiger partial charge < -0.3 is 10.2 Å². The van der Waals surface area contributed by atoms with Gasteiger partial charge in [-0.3, -0.25) is 4.90 Å². The van der Waals surface area contributed by atoms with E-state index in [1.165, 1.54) is 32.1 Å². The third-order valence-corrected chi connectivity index (χ3v) is 3.97.